The molecule has 6 N–H and O–H groups in total. The second kappa shape index (κ2) is 7.84. The van der Waals surface area contributed by atoms with Gasteiger partial charge in [0.2, 0.25) is 0 Å². The van der Waals surface area contributed by atoms with E-state index in [1.165, 1.54) is 0 Å². The van der Waals surface area contributed by atoms with E-state index in [4.69, 9.17) is 15.9 Å². The molecular weight excluding hydrogens is 332 g/mol. The van der Waals surface area contributed by atoms with Crippen molar-refractivity contribution in [3.8, 4) is 0 Å². The van der Waals surface area contributed by atoms with Gasteiger partial charge in [0.25, 0.3) is 0 Å². The van der Waals surface area contributed by atoms with Gasteiger partial charge in [-0.05, 0) is 0 Å². The first-order valence-corrected chi connectivity index (χ1v) is 6.39. The van der Waals surface area contributed by atoms with Crippen LogP contribution in [0.1, 0.15) is 0 Å². The van der Waals surface area contributed by atoms with Crippen LogP contribution in [0.2, 0.25) is 0 Å². The predicted octanol–water partition coefficient (Wildman–Crippen LogP) is -0.198. The molecule has 0 aliphatic rings. The molecule has 132 valence electrons. The van der Waals surface area contributed by atoms with Crippen LogP contribution < -0.4 is 16.4 Å². The summed E-state index contributed by atoms with van der Waals surface area (Å²) in [6.45, 7) is -1.61. The highest BCUT2D eigenvalue weighted by atomic mass is 16.6. The van der Waals surface area contributed by atoms with Gasteiger partial charge < -0.3 is 26.6 Å². The van der Waals surface area contributed by atoms with Gasteiger partial charge in [0.15, 0.2) is 17.1 Å². The van der Waals surface area contributed by atoms with Crippen molar-refractivity contribution in [2.75, 3.05) is 42.7 Å². The summed E-state index contributed by atoms with van der Waals surface area (Å²) in [7, 11) is 0. The van der Waals surface area contributed by atoms with Crippen molar-refractivity contribution in [2.24, 2.45) is 0 Å². The summed E-state index contributed by atoms with van der Waals surface area (Å²) >= 11 is 0. The fourth-order valence-electron chi connectivity index (χ4n) is 1.99. The van der Waals surface area contributed by atoms with E-state index in [1.807, 2.05) is 0 Å². The number of hydrogen-bond donors (Lipinski definition) is 5. The molecule has 0 bridgehead atoms. The van der Waals surface area contributed by atoms with Gasteiger partial charge in [-0.15, -0.1) is 0 Å². The number of rotatable bonds is 9. The van der Waals surface area contributed by atoms with E-state index in [-0.39, 0.29) is 13.1 Å². The van der Waals surface area contributed by atoms with Crippen molar-refractivity contribution in [2.45, 2.75) is 0 Å². The van der Waals surface area contributed by atoms with E-state index >= 15 is 0 Å². The lowest BCUT2D eigenvalue weighted by Crippen LogP contribution is -2.16. The number of hydrogen-bond acceptors (Lipinski definition) is 11. The highest BCUT2D eigenvalue weighted by Crippen LogP contribution is 2.51. The van der Waals surface area contributed by atoms with E-state index in [0.717, 1.165) is 0 Å². The molecule has 1 aromatic carbocycles. The number of nitrogens with one attached hydrogen (secondary N) is 2. The molecule has 0 unspecified atom stereocenters. The first-order chi connectivity index (χ1) is 11.3. The molecule has 0 aromatic heterocycles. The Balaban J connectivity index is 3.89. The lowest BCUT2D eigenvalue weighted by molar-refractivity contribution is -0.399. The fraction of sp³-hybridized carbons (Fsp3) is 0.400. The van der Waals surface area contributed by atoms with Crippen LogP contribution in [-0.4, -0.2) is 51.3 Å². The Hall–Kier alpha value is -3.26. The number of nitrogens with two attached hydrogens (primary N) is 1. The number of nitrogen functional groups attached to an aromatic ring is 1. The van der Waals surface area contributed by atoms with Gasteiger partial charge in [0, 0.05) is 13.1 Å². The molecule has 0 saturated heterocycles. The van der Waals surface area contributed by atoms with E-state index in [1.54, 1.807) is 0 Å². The first kappa shape index (κ1) is 18.8. The number of aliphatic hydroxyl groups excluding tert-OH is 2. The molecule has 0 amide bonds. The van der Waals surface area contributed by atoms with E-state index in [9.17, 15) is 30.3 Å². The van der Waals surface area contributed by atoms with E-state index < -0.39 is 62.1 Å². The Morgan fingerprint density at radius 2 is 1.12 bits per heavy atom. The molecule has 0 atom stereocenters. The Kier molecular flexibility index (Phi) is 6.14. The van der Waals surface area contributed by atoms with E-state index in [0.29, 0.717) is 0 Å². The fourth-order valence-corrected chi connectivity index (χ4v) is 1.99. The number of nitro groups is 3. The van der Waals surface area contributed by atoms with Crippen LogP contribution >= 0.6 is 0 Å². The third-order valence-electron chi connectivity index (χ3n) is 2.83. The highest BCUT2D eigenvalue weighted by molar-refractivity contribution is 5.99. The topological polar surface area (TPSA) is 220 Å². The summed E-state index contributed by atoms with van der Waals surface area (Å²) in [6.07, 6.45) is 0. The first-order valence-electron chi connectivity index (χ1n) is 6.39. The second-order valence-electron chi connectivity index (χ2n) is 4.28. The molecule has 14 nitrogen and oxygen atoms in total. The van der Waals surface area contributed by atoms with Gasteiger partial charge in [-0.1, -0.05) is 0 Å². The molecule has 0 aliphatic carbocycles. The number of benzene rings is 1. The zero-order valence-electron chi connectivity index (χ0n) is 12.1. The summed E-state index contributed by atoms with van der Waals surface area (Å²) in [5.74, 6) is 0. The summed E-state index contributed by atoms with van der Waals surface area (Å²) in [4.78, 5) is 30.5. The summed E-state index contributed by atoms with van der Waals surface area (Å²) in [6, 6.07) is 0. The average molecular weight is 346 g/mol. The van der Waals surface area contributed by atoms with Crippen molar-refractivity contribution >= 4 is 34.1 Å². The quantitative estimate of drug-likeness (QED) is 0.224. The van der Waals surface area contributed by atoms with Gasteiger partial charge in [0.1, 0.15) is 0 Å². The third kappa shape index (κ3) is 3.55. The molecule has 0 saturated carbocycles. The maximum Gasteiger partial charge on any atom is 0.329 e. The molecule has 0 fully saturated rings. The number of nitro benzene ring substituents is 3. The highest BCUT2D eigenvalue weighted by Gasteiger charge is 2.41. The Bertz CT molecular complexity index is 631. The SMILES string of the molecule is Nc1c([N+](=O)[O-])c(NCCO)c([N+](=O)[O-])c(NCCO)c1[N+](=O)[O-]. The lowest BCUT2D eigenvalue weighted by Gasteiger charge is -2.13. The smallest absolute Gasteiger partial charge is 0.329 e. The number of anilines is 3. The zero-order chi connectivity index (χ0) is 18.4. The molecular formula is C10H14N6O8. The van der Waals surface area contributed by atoms with Gasteiger partial charge in [-0.2, -0.15) is 0 Å². The minimum Gasteiger partial charge on any atom is -0.395 e. The van der Waals surface area contributed by atoms with Crippen LogP contribution in [0.15, 0.2) is 0 Å². The minimum atomic E-state index is -1.09. The standard InChI is InChI=1S/C10H14N6O8/c11-5-8(14(19)20)6(12-1-3-17)10(16(23)24)7(13-2-4-18)9(5)15(21)22/h12-13,17-18H,1-4,11H2. The van der Waals surface area contributed by atoms with Crippen molar-refractivity contribution in [1.29, 1.82) is 0 Å². The van der Waals surface area contributed by atoms with Crippen LogP contribution in [0.3, 0.4) is 0 Å². The molecule has 0 radical (unpaired) electrons. The molecule has 14 heteroatoms. The molecule has 0 spiro atoms. The summed E-state index contributed by atoms with van der Waals surface area (Å²) in [5, 5.41) is 55.9. The maximum absolute atomic E-state index is 11.3. The van der Waals surface area contributed by atoms with Gasteiger partial charge in [0.05, 0.1) is 28.0 Å². The van der Waals surface area contributed by atoms with Crippen molar-refractivity contribution in [3.63, 3.8) is 0 Å². The molecule has 0 heterocycles. The van der Waals surface area contributed by atoms with E-state index in [2.05, 4.69) is 10.6 Å². The second-order valence-corrected chi connectivity index (χ2v) is 4.28. The maximum atomic E-state index is 11.3. The van der Waals surface area contributed by atoms with Gasteiger partial charge in [-0.3, -0.25) is 30.3 Å². The van der Waals surface area contributed by atoms with Crippen LogP contribution in [-0.2, 0) is 0 Å². The Morgan fingerprint density at radius 1 is 0.792 bits per heavy atom. The van der Waals surface area contributed by atoms with Crippen LogP contribution in [0.25, 0.3) is 0 Å². The van der Waals surface area contributed by atoms with Crippen molar-refractivity contribution in [3.05, 3.63) is 30.3 Å². The predicted molar refractivity (Wildman–Crippen MR) is 82.0 cm³/mol. The van der Waals surface area contributed by atoms with Crippen molar-refractivity contribution in [1.82, 2.24) is 0 Å². The average Bonchev–Trinajstić information content (AvgIpc) is 2.48. The van der Waals surface area contributed by atoms with Gasteiger partial charge >= 0.3 is 17.1 Å². The molecule has 1 rings (SSSR count). The van der Waals surface area contributed by atoms with Crippen molar-refractivity contribution < 1.29 is 25.0 Å². The number of nitrogens with zero attached hydrogens (tertiary/aromatic N) is 3. The molecule has 1 aromatic rings. The van der Waals surface area contributed by atoms with Crippen LogP contribution in [0.5, 0.6) is 0 Å². The minimum absolute atomic E-state index is 0.293. The van der Waals surface area contributed by atoms with Crippen LogP contribution in [0.4, 0.5) is 34.1 Å². The lowest BCUT2D eigenvalue weighted by atomic mass is 10.1. The number of aliphatic hydroxyl groups is 2. The third-order valence-corrected chi connectivity index (χ3v) is 2.83. The van der Waals surface area contributed by atoms with Crippen LogP contribution in [0, 0.1) is 30.3 Å². The Labute approximate surface area is 133 Å². The summed E-state index contributed by atoms with van der Waals surface area (Å²) in [5.41, 5.74) is 0.168. The summed E-state index contributed by atoms with van der Waals surface area (Å²) < 4.78 is 0. The monoisotopic (exact) mass is 346 g/mol. The molecule has 0 aliphatic heterocycles. The largest absolute Gasteiger partial charge is 0.395 e. The molecule has 24 heavy (non-hydrogen) atoms. The normalized spacial score (nSPS) is 10.2. The zero-order valence-corrected chi connectivity index (χ0v) is 12.1. The van der Waals surface area contributed by atoms with Gasteiger partial charge in [-0.25, -0.2) is 0 Å². The Morgan fingerprint density at radius 3 is 1.38 bits per heavy atom.